The van der Waals surface area contributed by atoms with Crippen LogP contribution in [-0.2, 0) is 16.0 Å². The molecule has 8 nitrogen and oxygen atoms in total. The van der Waals surface area contributed by atoms with Crippen molar-refractivity contribution in [1.29, 1.82) is 0 Å². The van der Waals surface area contributed by atoms with Gasteiger partial charge in [-0.15, -0.1) is 0 Å². The number of nitro benzene ring substituents is 1. The van der Waals surface area contributed by atoms with Gasteiger partial charge in [0.2, 0.25) is 5.91 Å². The molecular weight excluding hydrogens is 345 g/mol. The molecule has 0 radical (unpaired) electrons. The van der Waals surface area contributed by atoms with Gasteiger partial charge in [0, 0.05) is 11.6 Å². The first-order valence-electron chi connectivity index (χ1n) is 7.60. The van der Waals surface area contributed by atoms with Gasteiger partial charge in [-0.1, -0.05) is 30.3 Å². The van der Waals surface area contributed by atoms with Crippen LogP contribution in [0.4, 0.5) is 10.1 Å². The molecule has 136 valence electrons. The van der Waals surface area contributed by atoms with E-state index in [1.807, 2.05) is 0 Å². The second kappa shape index (κ2) is 8.56. The van der Waals surface area contributed by atoms with Crippen LogP contribution in [0, 0.1) is 15.9 Å². The highest BCUT2D eigenvalue weighted by Crippen LogP contribution is 2.18. The highest BCUT2D eigenvalue weighted by molar-refractivity contribution is 5.85. The van der Waals surface area contributed by atoms with Crippen molar-refractivity contribution in [2.75, 3.05) is 0 Å². The van der Waals surface area contributed by atoms with Gasteiger partial charge in [-0.05, 0) is 19.1 Å². The minimum atomic E-state index is -1.07. The number of ether oxygens (including phenoxy) is 1. The number of rotatable bonds is 6. The number of carbonyl (C=O) groups is 2. The molecule has 26 heavy (non-hydrogen) atoms. The minimum Gasteiger partial charge on any atom is -0.478 e. The number of carbonyl (C=O) groups excluding carboxylic acids is 2. The van der Waals surface area contributed by atoms with Crippen LogP contribution in [-0.4, -0.2) is 22.8 Å². The molecule has 0 spiro atoms. The molecule has 0 fully saturated rings. The Hall–Kier alpha value is -3.49. The SMILES string of the molecule is C[C@@H](Oc1ccccc1F)C(=O)NNC(=O)Cc1ccccc1[N+](=O)[O-]. The van der Waals surface area contributed by atoms with Crippen LogP contribution in [0.1, 0.15) is 12.5 Å². The summed E-state index contributed by atoms with van der Waals surface area (Å²) in [5, 5.41) is 10.9. The molecule has 0 saturated heterocycles. The maximum absolute atomic E-state index is 13.5. The van der Waals surface area contributed by atoms with Gasteiger partial charge in [-0.3, -0.25) is 30.6 Å². The Balaban J connectivity index is 1.88. The lowest BCUT2D eigenvalue weighted by Crippen LogP contribution is -2.47. The van der Waals surface area contributed by atoms with Gasteiger partial charge in [-0.2, -0.15) is 0 Å². The molecule has 9 heteroatoms. The predicted octanol–water partition coefficient (Wildman–Crippen LogP) is 1.89. The number of nitrogens with zero attached hydrogens (tertiary/aromatic N) is 1. The van der Waals surface area contributed by atoms with Gasteiger partial charge in [0.15, 0.2) is 17.7 Å². The molecule has 0 aliphatic rings. The van der Waals surface area contributed by atoms with Gasteiger partial charge in [0.05, 0.1) is 11.3 Å². The van der Waals surface area contributed by atoms with E-state index in [4.69, 9.17) is 4.74 Å². The van der Waals surface area contributed by atoms with E-state index in [0.717, 1.165) is 0 Å². The van der Waals surface area contributed by atoms with Crippen LogP contribution in [0.25, 0.3) is 0 Å². The number of halogens is 1. The lowest BCUT2D eigenvalue weighted by Gasteiger charge is -2.15. The Morgan fingerprint density at radius 2 is 1.81 bits per heavy atom. The fourth-order valence-corrected chi connectivity index (χ4v) is 2.07. The van der Waals surface area contributed by atoms with Crippen molar-refractivity contribution in [3.05, 3.63) is 70.0 Å². The molecule has 2 N–H and O–H groups in total. The van der Waals surface area contributed by atoms with Gasteiger partial charge in [0.1, 0.15) is 0 Å². The average Bonchev–Trinajstić information content (AvgIpc) is 2.61. The Morgan fingerprint density at radius 1 is 1.15 bits per heavy atom. The average molecular weight is 361 g/mol. The second-order valence-electron chi connectivity index (χ2n) is 5.29. The highest BCUT2D eigenvalue weighted by atomic mass is 19.1. The summed E-state index contributed by atoms with van der Waals surface area (Å²) in [5.74, 6) is -2.07. The monoisotopic (exact) mass is 361 g/mol. The van der Waals surface area contributed by atoms with E-state index < -0.39 is 28.7 Å². The van der Waals surface area contributed by atoms with Crippen molar-refractivity contribution < 1.29 is 23.6 Å². The lowest BCUT2D eigenvalue weighted by atomic mass is 10.1. The third-order valence-electron chi connectivity index (χ3n) is 3.37. The maximum Gasteiger partial charge on any atom is 0.279 e. The van der Waals surface area contributed by atoms with E-state index in [1.165, 1.54) is 43.3 Å². The molecule has 1 atom stereocenters. The van der Waals surface area contributed by atoms with Crippen LogP contribution in [0.5, 0.6) is 5.75 Å². The molecule has 0 aromatic heterocycles. The maximum atomic E-state index is 13.5. The lowest BCUT2D eigenvalue weighted by molar-refractivity contribution is -0.385. The zero-order valence-electron chi connectivity index (χ0n) is 13.8. The van der Waals surface area contributed by atoms with Gasteiger partial charge >= 0.3 is 0 Å². The summed E-state index contributed by atoms with van der Waals surface area (Å²) in [6.45, 7) is 1.38. The third kappa shape index (κ3) is 5.00. The van der Waals surface area contributed by atoms with E-state index in [1.54, 1.807) is 12.1 Å². The zero-order valence-corrected chi connectivity index (χ0v) is 13.8. The molecule has 0 aliphatic carbocycles. The van der Waals surface area contributed by atoms with Gasteiger partial charge in [0.25, 0.3) is 11.6 Å². The van der Waals surface area contributed by atoms with Crippen LogP contribution < -0.4 is 15.6 Å². The Kier molecular flexibility index (Phi) is 6.20. The number of hydrazine groups is 1. The summed E-state index contributed by atoms with van der Waals surface area (Å²) in [6.07, 6.45) is -1.36. The molecule has 2 amide bonds. The van der Waals surface area contributed by atoms with Crippen molar-refractivity contribution in [3.63, 3.8) is 0 Å². The molecule has 0 bridgehead atoms. The van der Waals surface area contributed by atoms with E-state index >= 15 is 0 Å². The van der Waals surface area contributed by atoms with Crippen LogP contribution in [0.15, 0.2) is 48.5 Å². The Labute approximate surface area is 148 Å². The first kappa shape index (κ1) is 18.8. The summed E-state index contributed by atoms with van der Waals surface area (Å²) >= 11 is 0. The second-order valence-corrected chi connectivity index (χ2v) is 5.29. The number of hydrogen-bond acceptors (Lipinski definition) is 5. The summed E-state index contributed by atoms with van der Waals surface area (Å²) < 4.78 is 18.7. The standard InChI is InChI=1S/C17H16FN3O5/c1-11(26-15-9-5-3-7-13(15)18)17(23)20-19-16(22)10-12-6-2-4-8-14(12)21(24)25/h2-9,11H,10H2,1H3,(H,19,22)(H,20,23)/t11-/m1/s1. The van der Waals surface area contributed by atoms with E-state index in [9.17, 15) is 24.1 Å². The van der Waals surface area contributed by atoms with Crippen molar-refractivity contribution in [2.24, 2.45) is 0 Å². The molecule has 2 aromatic carbocycles. The van der Waals surface area contributed by atoms with E-state index in [0.29, 0.717) is 0 Å². The third-order valence-corrected chi connectivity index (χ3v) is 3.37. The van der Waals surface area contributed by atoms with Gasteiger partial charge < -0.3 is 4.74 Å². The smallest absolute Gasteiger partial charge is 0.279 e. The number of nitrogens with one attached hydrogen (secondary N) is 2. The normalized spacial score (nSPS) is 11.3. The molecule has 0 aliphatic heterocycles. The fourth-order valence-electron chi connectivity index (χ4n) is 2.07. The van der Waals surface area contributed by atoms with E-state index in [-0.39, 0.29) is 23.4 Å². The van der Waals surface area contributed by atoms with E-state index in [2.05, 4.69) is 10.9 Å². The summed E-state index contributed by atoms with van der Waals surface area (Å²) in [5.41, 5.74) is 4.30. The number of benzene rings is 2. The van der Waals surface area contributed by atoms with Crippen LogP contribution in [0.2, 0.25) is 0 Å². The quantitative estimate of drug-likeness (QED) is 0.603. The predicted molar refractivity (Wildman–Crippen MR) is 89.6 cm³/mol. The molecular formula is C17H16FN3O5. The minimum absolute atomic E-state index is 0.0959. The van der Waals surface area contributed by atoms with Crippen LogP contribution >= 0.6 is 0 Å². The van der Waals surface area contributed by atoms with Crippen molar-refractivity contribution >= 4 is 17.5 Å². The van der Waals surface area contributed by atoms with Gasteiger partial charge in [-0.25, -0.2) is 4.39 Å². The topological polar surface area (TPSA) is 111 Å². The zero-order chi connectivity index (χ0) is 19.1. The molecule has 2 rings (SSSR count). The number of para-hydroxylation sites is 2. The van der Waals surface area contributed by atoms with Crippen molar-refractivity contribution in [2.45, 2.75) is 19.4 Å². The van der Waals surface area contributed by atoms with Crippen molar-refractivity contribution in [1.82, 2.24) is 10.9 Å². The summed E-state index contributed by atoms with van der Waals surface area (Å²) in [6, 6.07) is 11.4. The number of amides is 2. The molecule has 2 aromatic rings. The molecule has 0 saturated carbocycles. The fraction of sp³-hybridized carbons (Fsp3) is 0.176. The number of hydrogen-bond donors (Lipinski definition) is 2. The Bertz CT molecular complexity index is 828. The first-order valence-corrected chi connectivity index (χ1v) is 7.60. The summed E-state index contributed by atoms with van der Waals surface area (Å²) in [4.78, 5) is 34.1. The number of nitro groups is 1. The molecule has 0 heterocycles. The highest BCUT2D eigenvalue weighted by Gasteiger charge is 2.19. The molecule has 0 unspecified atom stereocenters. The largest absolute Gasteiger partial charge is 0.478 e. The van der Waals surface area contributed by atoms with Crippen LogP contribution in [0.3, 0.4) is 0 Å². The first-order chi connectivity index (χ1) is 12.4. The summed E-state index contributed by atoms with van der Waals surface area (Å²) in [7, 11) is 0. The Morgan fingerprint density at radius 3 is 2.50 bits per heavy atom. The van der Waals surface area contributed by atoms with Crippen molar-refractivity contribution in [3.8, 4) is 5.75 Å².